The van der Waals surface area contributed by atoms with Crippen molar-refractivity contribution in [2.75, 3.05) is 19.8 Å². The first kappa shape index (κ1) is 23.0. The van der Waals surface area contributed by atoms with E-state index >= 15 is 0 Å². The van der Waals surface area contributed by atoms with Gasteiger partial charge in [0.2, 0.25) is 0 Å². The number of phosphoric acid groups is 2. The third-order valence-corrected chi connectivity index (χ3v) is 6.47. The molecule has 1 heterocycles. The number of phosphoric ester groups is 2. The first-order valence-corrected chi connectivity index (χ1v) is 13.1. The summed E-state index contributed by atoms with van der Waals surface area (Å²) in [5.41, 5.74) is -1.96. The predicted molar refractivity (Wildman–Crippen MR) is 124 cm³/mol. The van der Waals surface area contributed by atoms with Crippen LogP contribution in [0.15, 0.2) is 0 Å². The Hall–Kier alpha value is 0.220. The van der Waals surface area contributed by atoms with Crippen molar-refractivity contribution in [3.8, 4) is 0 Å². The Morgan fingerprint density at radius 1 is 1.10 bits per heavy atom. The van der Waals surface area contributed by atoms with Crippen molar-refractivity contribution >= 4 is 15.6 Å². The summed E-state index contributed by atoms with van der Waals surface area (Å²) in [5.74, 6) is 0. The van der Waals surface area contributed by atoms with E-state index in [1.165, 1.54) is 0 Å². The second-order valence-electron chi connectivity index (χ2n) is 11.6. The third kappa shape index (κ3) is 14.9. The van der Waals surface area contributed by atoms with Crippen LogP contribution in [0.1, 0.15) is 96.8 Å². The van der Waals surface area contributed by atoms with Crippen LogP contribution in [-0.2, 0) is 36.3 Å². The monoisotopic (exact) mass is 494 g/mol. The average molecular weight is 495 g/mol. The Morgan fingerprint density at radius 2 is 1.65 bits per heavy atom. The van der Waals surface area contributed by atoms with Crippen molar-refractivity contribution in [1.29, 1.82) is 0 Å². The Morgan fingerprint density at radius 3 is 2.00 bits per heavy atom. The summed E-state index contributed by atoms with van der Waals surface area (Å²) in [4.78, 5) is 0. The Labute approximate surface area is 197 Å². The molecule has 0 radical (unpaired) electrons. The smallest absolute Gasteiger partial charge is 0.287 e. The van der Waals surface area contributed by atoms with Crippen LogP contribution in [-0.4, -0.2) is 37.1 Å². The molecule has 1 fully saturated rings. The zero-order chi connectivity index (χ0) is 29.2. The summed E-state index contributed by atoms with van der Waals surface area (Å²) in [5, 5.41) is 0. The highest BCUT2D eigenvalue weighted by molar-refractivity contribution is 7.49. The molecule has 0 aliphatic carbocycles. The minimum Gasteiger partial charge on any atom is -0.287 e. The number of hydrogen-bond acceptors (Lipinski definition) is 8. The third-order valence-electron chi connectivity index (χ3n) is 3.19. The highest BCUT2D eigenvalue weighted by atomic mass is 31.2. The van der Waals surface area contributed by atoms with E-state index in [4.69, 9.17) is 29.5 Å². The summed E-state index contributed by atoms with van der Waals surface area (Å²) in [6.45, 7) is 15.7. The van der Waals surface area contributed by atoms with Gasteiger partial charge >= 0.3 is 15.6 Å². The second-order valence-corrected chi connectivity index (χ2v) is 14.6. The molecule has 0 N–H and O–H groups in total. The van der Waals surface area contributed by atoms with E-state index in [9.17, 15) is 9.13 Å². The summed E-state index contributed by atoms with van der Waals surface area (Å²) in [7, 11) is -7.73. The van der Waals surface area contributed by atoms with Crippen LogP contribution in [0.25, 0.3) is 0 Å². The maximum atomic E-state index is 12.6. The molecule has 0 aromatic carbocycles. The molecule has 188 valence electrons. The molecule has 3 atom stereocenters. The maximum absolute atomic E-state index is 12.6. The molecule has 0 spiro atoms. The SMILES string of the molecule is CC(C)(C)OP1(=O)OCC(C(C)(C)C)O1.[1H]C([2H])([2H])C([3H])([3H])OP(=O)(OCC(C)(C)C)OC(C)(C)C. The van der Waals surface area contributed by atoms with Crippen LogP contribution in [0, 0.1) is 10.8 Å². The molecule has 3 unspecified atom stereocenters. The van der Waals surface area contributed by atoms with Gasteiger partial charge in [0.15, 0.2) is 0 Å². The maximum Gasteiger partial charge on any atom is 0.475 e. The molecule has 0 bridgehead atoms. The summed E-state index contributed by atoms with van der Waals surface area (Å²) >= 11 is 0. The molecule has 0 saturated carbocycles. The first-order valence-electron chi connectivity index (χ1n) is 12.7. The predicted octanol–water partition coefficient (Wildman–Crippen LogP) is 7.38. The summed E-state index contributed by atoms with van der Waals surface area (Å²) < 4.78 is 91.6. The quantitative estimate of drug-likeness (QED) is 0.353. The van der Waals surface area contributed by atoms with Gasteiger partial charge in [-0.2, -0.15) is 0 Å². The molecule has 1 aliphatic heterocycles. The fourth-order valence-corrected chi connectivity index (χ4v) is 5.21. The fourth-order valence-electron chi connectivity index (χ4n) is 1.90. The topological polar surface area (TPSA) is 89.5 Å². The highest BCUT2D eigenvalue weighted by Gasteiger charge is 2.45. The Balaban J connectivity index is 0.000000717. The van der Waals surface area contributed by atoms with Gasteiger partial charge in [-0.05, 0) is 59.2 Å². The molecule has 10 heteroatoms. The molecule has 8 nitrogen and oxygen atoms in total. The number of hydrogen-bond donors (Lipinski definition) is 0. The molecule has 1 rings (SSSR count). The molecule has 1 aliphatic rings. The zero-order valence-electron chi connectivity index (χ0n) is 26.2. The lowest BCUT2D eigenvalue weighted by atomic mass is 9.90. The molecular formula is C21H46O8P2. The first-order chi connectivity index (χ1) is 15.4. The zero-order valence-corrected chi connectivity index (χ0v) is 22.9. The van der Waals surface area contributed by atoms with E-state index in [0.717, 1.165) is 0 Å². The van der Waals surface area contributed by atoms with Gasteiger partial charge in [-0.25, -0.2) is 9.13 Å². The molecule has 0 amide bonds. The minimum absolute atomic E-state index is 0.0442. The lowest BCUT2D eigenvalue weighted by Crippen LogP contribution is -2.27. The van der Waals surface area contributed by atoms with Gasteiger partial charge < -0.3 is 0 Å². The van der Waals surface area contributed by atoms with Gasteiger partial charge in [-0.1, -0.05) is 41.5 Å². The van der Waals surface area contributed by atoms with Gasteiger partial charge in [0.25, 0.3) is 0 Å². The van der Waals surface area contributed by atoms with Crippen LogP contribution >= 0.6 is 15.6 Å². The van der Waals surface area contributed by atoms with Crippen LogP contribution in [0.4, 0.5) is 0 Å². The van der Waals surface area contributed by atoms with E-state index in [0.29, 0.717) is 6.61 Å². The Kier molecular flexibility index (Phi) is 8.23. The van der Waals surface area contributed by atoms with E-state index in [2.05, 4.69) is 4.52 Å². The van der Waals surface area contributed by atoms with Gasteiger partial charge in [-0.3, -0.25) is 27.1 Å². The lowest BCUT2D eigenvalue weighted by Gasteiger charge is -2.28. The van der Waals surface area contributed by atoms with Crippen LogP contribution in [0.3, 0.4) is 0 Å². The van der Waals surface area contributed by atoms with E-state index in [1.54, 1.807) is 20.8 Å². The van der Waals surface area contributed by atoms with Crippen LogP contribution in [0.5, 0.6) is 0 Å². The minimum atomic E-state index is -4.39. The number of rotatable bonds is 6. The van der Waals surface area contributed by atoms with Crippen molar-refractivity contribution in [1.82, 2.24) is 0 Å². The van der Waals surface area contributed by atoms with Crippen molar-refractivity contribution < 1.29 is 43.1 Å². The Bertz CT molecular complexity index is 806. The van der Waals surface area contributed by atoms with Crippen LogP contribution in [0.2, 0.25) is 0 Å². The molecular weight excluding hydrogens is 442 g/mol. The van der Waals surface area contributed by atoms with Crippen LogP contribution < -0.4 is 0 Å². The average Bonchev–Trinajstić information content (AvgIpc) is 2.89. The summed E-state index contributed by atoms with van der Waals surface area (Å²) in [6, 6.07) is 0. The standard InChI is InChI=1S/C11H25O4P.C10H21O4P/c1-8-13-16(12,15-11(5,6)7)14-9-10(2,3)4;1-9(2,3)8-7-12-15(11,13-8)14-10(4,5)6/h8-9H2,1-7H3;8H,7H2,1-6H3/i1D2H,8T2;. The normalized spacial score (nSPS) is 28.3. The molecule has 0 aromatic heterocycles. The highest BCUT2D eigenvalue weighted by Crippen LogP contribution is 2.59. The van der Waals surface area contributed by atoms with E-state index < -0.39 is 40.3 Å². The fraction of sp³-hybridized carbons (Fsp3) is 1.00. The van der Waals surface area contributed by atoms with Crippen molar-refractivity contribution in [2.45, 2.75) is 107 Å². The van der Waals surface area contributed by atoms with Gasteiger partial charge in [-0.15, -0.1) is 0 Å². The summed E-state index contributed by atoms with van der Waals surface area (Å²) in [6.07, 6.45) is -0.175. The van der Waals surface area contributed by atoms with Gasteiger partial charge in [0.1, 0.15) is 0 Å². The largest absolute Gasteiger partial charge is 0.475 e. The van der Waals surface area contributed by atoms with Crippen molar-refractivity contribution in [3.05, 3.63) is 0 Å². The molecule has 0 aromatic rings. The molecule has 1 saturated heterocycles. The van der Waals surface area contributed by atoms with Gasteiger partial charge in [0, 0.05) is 4.11 Å². The second kappa shape index (κ2) is 11.1. The van der Waals surface area contributed by atoms with Gasteiger partial charge in [0.05, 0.1) is 39.8 Å². The van der Waals surface area contributed by atoms with Crippen molar-refractivity contribution in [2.24, 2.45) is 10.8 Å². The van der Waals surface area contributed by atoms with Crippen molar-refractivity contribution in [3.63, 3.8) is 0 Å². The van der Waals surface area contributed by atoms with E-state index in [1.807, 2.05) is 62.3 Å². The van der Waals surface area contributed by atoms with E-state index in [-0.39, 0.29) is 23.5 Å². The molecule has 31 heavy (non-hydrogen) atoms. The lowest BCUT2D eigenvalue weighted by molar-refractivity contribution is 0.0321.